The Morgan fingerprint density at radius 2 is 1.33 bits per heavy atom. The van der Waals surface area contributed by atoms with Crippen molar-refractivity contribution in [1.82, 2.24) is 4.90 Å². The predicted octanol–water partition coefficient (Wildman–Crippen LogP) is 7.73. The summed E-state index contributed by atoms with van der Waals surface area (Å²) >= 11 is 0. The first-order chi connectivity index (χ1) is 20.6. The maximum absolute atomic E-state index is 11.7. The molecule has 3 rings (SSSR count). The van der Waals surface area contributed by atoms with Crippen molar-refractivity contribution in [3.63, 3.8) is 0 Å². The number of likely N-dealkylation sites (N-methyl/N-ethyl adjacent to an activating group) is 1. The van der Waals surface area contributed by atoms with Gasteiger partial charge in [0.1, 0.15) is 6.10 Å². The van der Waals surface area contributed by atoms with Gasteiger partial charge in [0, 0.05) is 19.4 Å². The van der Waals surface area contributed by atoms with Crippen LogP contribution in [0.2, 0.25) is 0 Å². The van der Waals surface area contributed by atoms with E-state index in [2.05, 4.69) is 67.4 Å². The van der Waals surface area contributed by atoms with E-state index in [9.17, 15) is 4.79 Å². The lowest BCUT2D eigenvalue weighted by Crippen LogP contribution is -2.48. The first-order valence-corrected chi connectivity index (χ1v) is 16.4. The number of benzene rings is 2. The van der Waals surface area contributed by atoms with Crippen molar-refractivity contribution in [2.45, 2.75) is 122 Å². The number of carbonyl (C=O) groups is 1. The van der Waals surface area contributed by atoms with Crippen LogP contribution in [0, 0.1) is 0 Å². The van der Waals surface area contributed by atoms with Crippen LogP contribution >= 0.6 is 0 Å². The molecule has 0 aromatic heterocycles. The molecule has 6 heteroatoms. The fraction of sp³-hybridized carbons (Fsp3) is 0.639. The van der Waals surface area contributed by atoms with Crippen molar-refractivity contribution < 1.29 is 23.7 Å². The lowest BCUT2D eigenvalue weighted by atomic mass is 10.1. The molecule has 0 bridgehead atoms. The summed E-state index contributed by atoms with van der Waals surface area (Å²) in [5.41, 5.74) is 2.35. The number of carbonyl (C=O) groups excluding carboxylic acids is 1. The maximum atomic E-state index is 11.7. The summed E-state index contributed by atoms with van der Waals surface area (Å²) in [4.78, 5) is 14.2. The largest absolute Gasteiger partial charge is 0.466 e. The predicted molar refractivity (Wildman–Crippen MR) is 169 cm³/mol. The Morgan fingerprint density at radius 1 is 0.738 bits per heavy atom. The molecule has 6 nitrogen and oxygen atoms in total. The van der Waals surface area contributed by atoms with Gasteiger partial charge in [-0.15, -0.1) is 0 Å². The first kappa shape index (κ1) is 34.2. The van der Waals surface area contributed by atoms with Gasteiger partial charge in [0.15, 0.2) is 0 Å². The summed E-state index contributed by atoms with van der Waals surface area (Å²) in [6.07, 6.45) is 11.5. The molecule has 0 N–H and O–H groups in total. The van der Waals surface area contributed by atoms with Crippen molar-refractivity contribution in [1.29, 1.82) is 0 Å². The quantitative estimate of drug-likeness (QED) is 0.105. The molecule has 0 aliphatic heterocycles. The monoisotopic (exact) mass is 581 g/mol. The van der Waals surface area contributed by atoms with Crippen LogP contribution in [0.5, 0.6) is 0 Å². The van der Waals surface area contributed by atoms with Crippen LogP contribution in [0.25, 0.3) is 0 Å². The molecule has 1 aliphatic rings. The van der Waals surface area contributed by atoms with Crippen LogP contribution in [0.4, 0.5) is 0 Å². The van der Waals surface area contributed by atoms with Crippen molar-refractivity contribution in [2.75, 3.05) is 26.8 Å². The molecule has 1 aliphatic carbocycles. The molecule has 0 spiro atoms. The molecule has 1 saturated carbocycles. The molecule has 1 fully saturated rings. The fourth-order valence-electron chi connectivity index (χ4n) is 5.85. The van der Waals surface area contributed by atoms with Gasteiger partial charge >= 0.3 is 5.97 Å². The van der Waals surface area contributed by atoms with Gasteiger partial charge in [-0.1, -0.05) is 106 Å². The number of hydrogen-bond acceptors (Lipinski definition) is 6. The second kappa shape index (κ2) is 20.6. The minimum absolute atomic E-state index is 0.00469. The van der Waals surface area contributed by atoms with Crippen LogP contribution in [0.1, 0.15) is 95.6 Å². The van der Waals surface area contributed by atoms with Crippen LogP contribution in [0.15, 0.2) is 60.7 Å². The molecular weight excluding hydrogens is 526 g/mol. The maximum Gasteiger partial charge on any atom is 0.305 e. The Hall–Kier alpha value is -2.25. The zero-order valence-electron chi connectivity index (χ0n) is 26.4. The minimum Gasteiger partial charge on any atom is -0.466 e. The average molecular weight is 582 g/mol. The number of hydrogen-bond donors (Lipinski definition) is 0. The van der Waals surface area contributed by atoms with E-state index in [1.807, 2.05) is 19.1 Å². The summed E-state index contributed by atoms with van der Waals surface area (Å²) in [6, 6.07) is 20.9. The van der Waals surface area contributed by atoms with E-state index in [-0.39, 0.29) is 30.3 Å². The molecule has 0 saturated heterocycles. The van der Waals surface area contributed by atoms with E-state index >= 15 is 0 Å². The van der Waals surface area contributed by atoms with Crippen molar-refractivity contribution >= 4 is 5.97 Å². The Balaban J connectivity index is 1.65. The molecule has 0 radical (unpaired) electrons. The van der Waals surface area contributed by atoms with Gasteiger partial charge < -0.3 is 18.9 Å². The molecule has 0 amide bonds. The standard InChI is InChI=1S/C36H55NO5/c1-4-6-7-8-9-19-26-40-36-33(42-29-31-22-15-11-16-23-31)27-32(41-28-30-20-13-10-14-21-30)35(36)37(3)25-18-12-17-24-34(38)39-5-2/h10-11,13-16,20-23,32-33,35-36H,4-9,12,17-19,24-29H2,1-3H3/t32-,33+,35+,36+/m0/s1. The van der Waals surface area contributed by atoms with E-state index < -0.39 is 0 Å². The molecule has 4 atom stereocenters. The van der Waals surface area contributed by atoms with E-state index in [0.29, 0.717) is 26.2 Å². The number of unbranched alkanes of at least 4 members (excludes halogenated alkanes) is 7. The summed E-state index contributed by atoms with van der Waals surface area (Å²) < 4.78 is 25.0. The topological polar surface area (TPSA) is 57.2 Å². The third-order valence-corrected chi connectivity index (χ3v) is 8.18. The van der Waals surface area contributed by atoms with Crippen LogP contribution < -0.4 is 0 Å². The number of rotatable bonds is 22. The molecule has 2 aromatic carbocycles. The highest BCUT2D eigenvalue weighted by Crippen LogP contribution is 2.33. The third kappa shape index (κ3) is 12.5. The Labute approximate surface area is 255 Å². The van der Waals surface area contributed by atoms with Crippen LogP contribution in [-0.2, 0) is 37.0 Å². The van der Waals surface area contributed by atoms with E-state index in [1.165, 1.54) is 43.2 Å². The Kier molecular flexibility index (Phi) is 16.8. The van der Waals surface area contributed by atoms with Crippen LogP contribution in [0.3, 0.4) is 0 Å². The highest BCUT2D eigenvalue weighted by Gasteiger charge is 2.47. The second-order valence-corrected chi connectivity index (χ2v) is 11.6. The summed E-state index contributed by atoms with van der Waals surface area (Å²) in [5.74, 6) is -0.0995. The van der Waals surface area contributed by atoms with Crippen molar-refractivity contribution in [2.24, 2.45) is 0 Å². The van der Waals surface area contributed by atoms with Gasteiger partial charge in [-0.05, 0) is 50.9 Å². The van der Waals surface area contributed by atoms with Gasteiger partial charge in [-0.3, -0.25) is 9.69 Å². The fourth-order valence-corrected chi connectivity index (χ4v) is 5.85. The van der Waals surface area contributed by atoms with Gasteiger partial charge in [-0.25, -0.2) is 0 Å². The molecule has 2 aromatic rings. The molecule has 0 unspecified atom stereocenters. The van der Waals surface area contributed by atoms with Gasteiger partial charge in [-0.2, -0.15) is 0 Å². The van der Waals surface area contributed by atoms with Crippen molar-refractivity contribution in [3.8, 4) is 0 Å². The lowest BCUT2D eigenvalue weighted by Gasteiger charge is -2.34. The zero-order valence-corrected chi connectivity index (χ0v) is 26.4. The van der Waals surface area contributed by atoms with Gasteiger partial charge in [0.05, 0.1) is 38.1 Å². The molecule has 42 heavy (non-hydrogen) atoms. The van der Waals surface area contributed by atoms with E-state index in [0.717, 1.165) is 45.3 Å². The number of esters is 1. The third-order valence-electron chi connectivity index (χ3n) is 8.18. The smallest absolute Gasteiger partial charge is 0.305 e. The summed E-state index contributed by atoms with van der Waals surface area (Å²) in [5, 5.41) is 0. The molecule has 0 heterocycles. The SMILES string of the molecule is CCCCCCCCO[C@H]1[C@H](N(C)CCCCCC(=O)OCC)[C@@H](OCc2ccccc2)C[C@H]1OCc1ccccc1. The number of nitrogens with zero attached hydrogens (tertiary/aromatic N) is 1. The molecule has 234 valence electrons. The second-order valence-electron chi connectivity index (χ2n) is 11.6. The zero-order chi connectivity index (χ0) is 29.8. The summed E-state index contributed by atoms with van der Waals surface area (Å²) in [6.45, 7) is 7.36. The summed E-state index contributed by atoms with van der Waals surface area (Å²) in [7, 11) is 2.19. The van der Waals surface area contributed by atoms with Gasteiger partial charge in [0.25, 0.3) is 0 Å². The number of ether oxygens (including phenoxy) is 4. The first-order valence-electron chi connectivity index (χ1n) is 16.4. The Bertz CT molecular complexity index is 956. The van der Waals surface area contributed by atoms with Crippen LogP contribution in [-0.4, -0.2) is 62.0 Å². The minimum atomic E-state index is -0.0995. The van der Waals surface area contributed by atoms with E-state index in [4.69, 9.17) is 18.9 Å². The van der Waals surface area contributed by atoms with Gasteiger partial charge in [0.2, 0.25) is 0 Å². The highest BCUT2D eigenvalue weighted by atomic mass is 16.6. The lowest BCUT2D eigenvalue weighted by molar-refractivity contribution is -0.143. The highest BCUT2D eigenvalue weighted by molar-refractivity contribution is 5.69. The van der Waals surface area contributed by atoms with Crippen molar-refractivity contribution in [3.05, 3.63) is 71.8 Å². The average Bonchev–Trinajstić information content (AvgIpc) is 3.36. The normalized spacial score (nSPS) is 20.3. The Morgan fingerprint density at radius 3 is 1.98 bits per heavy atom. The molecular formula is C36H55NO5. The van der Waals surface area contributed by atoms with E-state index in [1.54, 1.807) is 0 Å².